The van der Waals surface area contributed by atoms with E-state index < -0.39 is 0 Å². The summed E-state index contributed by atoms with van der Waals surface area (Å²) in [5.41, 5.74) is 0. The molecule has 2 N–H and O–H groups in total. The van der Waals surface area contributed by atoms with E-state index in [2.05, 4.69) is 5.32 Å². The van der Waals surface area contributed by atoms with E-state index in [1.54, 1.807) is 24.1 Å². The summed E-state index contributed by atoms with van der Waals surface area (Å²) in [6.45, 7) is 2.60. The molecule has 1 aromatic heterocycles. The molecule has 1 atom stereocenters. The fraction of sp³-hybridized carbons (Fsp3) is 0.545. The maximum atomic E-state index is 11.4. The maximum Gasteiger partial charge on any atom is 0.230 e. The highest BCUT2D eigenvalue weighted by atomic mass is 32.2. The van der Waals surface area contributed by atoms with E-state index >= 15 is 0 Å². The molecule has 0 radical (unpaired) electrons. The summed E-state index contributed by atoms with van der Waals surface area (Å²) in [6.07, 6.45) is 2.30. The number of rotatable bonds is 7. The van der Waals surface area contributed by atoms with Crippen molar-refractivity contribution in [1.82, 2.24) is 5.32 Å². The molecular formula is C11H17NO3S. The number of aliphatic hydroxyl groups excluding tert-OH is 1. The number of nitrogens with one attached hydrogen (secondary N) is 1. The lowest BCUT2D eigenvalue weighted by atomic mass is 10.3. The average Bonchev–Trinajstić information content (AvgIpc) is 2.77. The van der Waals surface area contributed by atoms with Gasteiger partial charge in [0.05, 0.1) is 18.6 Å². The van der Waals surface area contributed by atoms with Crippen molar-refractivity contribution in [3.8, 4) is 0 Å². The SMILES string of the molecule is CC(CCO)SCC(=O)NCc1ccco1. The number of amides is 1. The predicted molar refractivity (Wildman–Crippen MR) is 64.2 cm³/mol. The largest absolute Gasteiger partial charge is 0.467 e. The summed E-state index contributed by atoms with van der Waals surface area (Å²) in [5, 5.41) is 11.8. The Labute approximate surface area is 99.4 Å². The summed E-state index contributed by atoms with van der Waals surface area (Å²) in [6, 6.07) is 3.61. The Balaban J connectivity index is 2.11. The number of furan rings is 1. The first-order valence-corrected chi connectivity index (χ1v) is 6.28. The summed E-state index contributed by atoms with van der Waals surface area (Å²) in [7, 11) is 0. The van der Waals surface area contributed by atoms with E-state index in [0.717, 1.165) is 12.2 Å². The van der Waals surface area contributed by atoms with Crippen molar-refractivity contribution >= 4 is 17.7 Å². The van der Waals surface area contributed by atoms with Gasteiger partial charge in [-0.2, -0.15) is 0 Å². The van der Waals surface area contributed by atoms with Crippen LogP contribution in [0.25, 0.3) is 0 Å². The van der Waals surface area contributed by atoms with Gasteiger partial charge in [-0.1, -0.05) is 6.92 Å². The molecule has 0 saturated heterocycles. The van der Waals surface area contributed by atoms with Crippen molar-refractivity contribution in [2.45, 2.75) is 25.1 Å². The van der Waals surface area contributed by atoms with E-state index in [1.807, 2.05) is 13.0 Å². The first-order valence-electron chi connectivity index (χ1n) is 5.24. The second kappa shape index (κ2) is 7.35. The number of thioether (sulfide) groups is 1. The highest BCUT2D eigenvalue weighted by Crippen LogP contribution is 2.12. The van der Waals surface area contributed by atoms with E-state index in [9.17, 15) is 4.79 Å². The monoisotopic (exact) mass is 243 g/mol. The Bertz CT molecular complexity index is 300. The van der Waals surface area contributed by atoms with E-state index in [0.29, 0.717) is 17.5 Å². The van der Waals surface area contributed by atoms with Crippen LogP contribution >= 0.6 is 11.8 Å². The van der Waals surface area contributed by atoms with Crippen LogP contribution in [-0.4, -0.2) is 28.6 Å². The zero-order valence-corrected chi connectivity index (χ0v) is 10.1. The van der Waals surface area contributed by atoms with Crippen LogP contribution in [0.15, 0.2) is 22.8 Å². The fourth-order valence-electron chi connectivity index (χ4n) is 1.13. The van der Waals surface area contributed by atoms with Crippen LogP contribution in [0.5, 0.6) is 0 Å². The molecule has 5 heteroatoms. The third-order valence-electron chi connectivity index (χ3n) is 2.07. The number of carbonyl (C=O) groups is 1. The van der Waals surface area contributed by atoms with Crippen LogP contribution in [0.2, 0.25) is 0 Å². The third kappa shape index (κ3) is 5.23. The lowest BCUT2D eigenvalue weighted by Crippen LogP contribution is -2.25. The first kappa shape index (κ1) is 13.1. The van der Waals surface area contributed by atoms with E-state index in [-0.39, 0.29) is 12.5 Å². The lowest BCUT2D eigenvalue weighted by Gasteiger charge is -2.08. The Morgan fingerprint density at radius 3 is 3.12 bits per heavy atom. The molecule has 0 bridgehead atoms. The van der Waals surface area contributed by atoms with Gasteiger partial charge in [0, 0.05) is 11.9 Å². The normalized spacial score (nSPS) is 12.4. The van der Waals surface area contributed by atoms with Gasteiger partial charge in [0.2, 0.25) is 5.91 Å². The van der Waals surface area contributed by atoms with Crippen molar-refractivity contribution in [3.63, 3.8) is 0 Å². The number of aliphatic hydroxyl groups is 1. The Kier molecular flexibility index (Phi) is 6.03. The number of carbonyl (C=O) groups excluding carboxylic acids is 1. The molecule has 0 fully saturated rings. The summed E-state index contributed by atoms with van der Waals surface area (Å²) in [4.78, 5) is 11.4. The molecule has 4 nitrogen and oxygen atoms in total. The van der Waals surface area contributed by atoms with Crippen molar-refractivity contribution < 1.29 is 14.3 Å². The van der Waals surface area contributed by atoms with Gasteiger partial charge in [-0.15, -0.1) is 11.8 Å². The Hall–Kier alpha value is -0.940. The average molecular weight is 243 g/mol. The molecular weight excluding hydrogens is 226 g/mol. The highest BCUT2D eigenvalue weighted by molar-refractivity contribution is 8.00. The Morgan fingerprint density at radius 1 is 1.69 bits per heavy atom. The quantitative estimate of drug-likeness (QED) is 0.760. The topological polar surface area (TPSA) is 62.5 Å². The van der Waals surface area contributed by atoms with Crippen molar-refractivity contribution in [2.24, 2.45) is 0 Å². The van der Waals surface area contributed by atoms with Gasteiger partial charge in [0.1, 0.15) is 5.76 Å². The first-order chi connectivity index (χ1) is 7.72. The summed E-state index contributed by atoms with van der Waals surface area (Å²) < 4.78 is 5.09. The Morgan fingerprint density at radius 2 is 2.50 bits per heavy atom. The minimum absolute atomic E-state index is 0.00816. The molecule has 0 spiro atoms. The minimum atomic E-state index is -0.00816. The van der Waals surface area contributed by atoms with Crippen molar-refractivity contribution in [3.05, 3.63) is 24.2 Å². The van der Waals surface area contributed by atoms with Gasteiger partial charge >= 0.3 is 0 Å². The summed E-state index contributed by atoms with van der Waals surface area (Å²) >= 11 is 1.54. The van der Waals surface area contributed by atoms with E-state index in [1.165, 1.54) is 0 Å². The molecule has 0 aliphatic rings. The minimum Gasteiger partial charge on any atom is -0.467 e. The van der Waals surface area contributed by atoms with E-state index in [4.69, 9.17) is 9.52 Å². The van der Waals surface area contributed by atoms with Gasteiger partial charge < -0.3 is 14.8 Å². The molecule has 1 heterocycles. The van der Waals surface area contributed by atoms with Crippen LogP contribution in [0, 0.1) is 0 Å². The van der Waals surface area contributed by atoms with Crippen molar-refractivity contribution in [2.75, 3.05) is 12.4 Å². The molecule has 0 aliphatic carbocycles. The summed E-state index contributed by atoms with van der Waals surface area (Å²) in [5.74, 6) is 1.16. The van der Waals surface area contributed by atoms with Crippen LogP contribution < -0.4 is 5.32 Å². The molecule has 0 saturated carbocycles. The molecule has 1 amide bonds. The highest BCUT2D eigenvalue weighted by Gasteiger charge is 2.06. The molecule has 0 aliphatic heterocycles. The van der Waals surface area contributed by atoms with Crippen LogP contribution in [0.1, 0.15) is 19.1 Å². The third-order valence-corrected chi connectivity index (χ3v) is 3.31. The number of hydrogen-bond acceptors (Lipinski definition) is 4. The van der Waals surface area contributed by atoms with Crippen LogP contribution in [0.3, 0.4) is 0 Å². The van der Waals surface area contributed by atoms with Gasteiger partial charge in [-0.05, 0) is 18.6 Å². The maximum absolute atomic E-state index is 11.4. The van der Waals surface area contributed by atoms with Crippen molar-refractivity contribution in [1.29, 1.82) is 0 Å². The van der Waals surface area contributed by atoms with Crippen LogP contribution in [-0.2, 0) is 11.3 Å². The molecule has 0 aromatic carbocycles. The predicted octanol–water partition coefficient (Wildman–Crippen LogP) is 1.40. The van der Waals surface area contributed by atoms with Gasteiger partial charge in [-0.3, -0.25) is 4.79 Å². The second-order valence-electron chi connectivity index (χ2n) is 3.49. The standard InChI is InChI=1S/C11H17NO3S/c1-9(4-5-13)16-8-11(14)12-7-10-3-2-6-15-10/h2-3,6,9,13H,4-5,7-8H2,1H3,(H,12,14). The van der Waals surface area contributed by atoms with Gasteiger partial charge in [0.15, 0.2) is 0 Å². The zero-order valence-electron chi connectivity index (χ0n) is 9.31. The smallest absolute Gasteiger partial charge is 0.230 e. The number of hydrogen-bond donors (Lipinski definition) is 2. The molecule has 1 unspecified atom stereocenters. The fourth-order valence-corrected chi connectivity index (χ4v) is 1.94. The zero-order chi connectivity index (χ0) is 11.8. The lowest BCUT2D eigenvalue weighted by molar-refractivity contribution is -0.118. The van der Waals surface area contributed by atoms with Crippen LogP contribution in [0.4, 0.5) is 0 Å². The van der Waals surface area contributed by atoms with Gasteiger partial charge in [-0.25, -0.2) is 0 Å². The van der Waals surface area contributed by atoms with Gasteiger partial charge in [0.25, 0.3) is 0 Å². The molecule has 16 heavy (non-hydrogen) atoms. The second-order valence-corrected chi connectivity index (χ2v) is 4.92. The molecule has 90 valence electrons. The molecule has 1 aromatic rings. The molecule has 1 rings (SSSR count).